The Bertz CT molecular complexity index is 735. The van der Waals surface area contributed by atoms with Crippen molar-refractivity contribution in [2.24, 2.45) is 5.73 Å². The Balaban J connectivity index is 1.69. The van der Waals surface area contributed by atoms with Gasteiger partial charge in [-0.05, 0) is 29.5 Å². The zero-order valence-corrected chi connectivity index (χ0v) is 13.9. The van der Waals surface area contributed by atoms with Gasteiger partial charge >= 0.3 is 0 Å². The van der Waals surface area contributed by atoms with Crippen molar-refractivity contribution in [1.29, 1.82) is 0 Å². The summed E-state index contributed by atoms with van der Waals surface area (Å²) >= 11 is 0. The highest BCUT2D eigenvalue weighted by Crippen LogP contribution is 2.36. The lowest BCUT2D eigenvalue weighted by Gasteiger charge is -2.39. The van der Waals surface area contributed by atoms with Crippen LogP contribution >= 0.6 is 0 Å². The number of carbonyl (C=O) groups is 1. The van der Waals surface area contributed by atoms with Crippen LogP contribution in [0, 0.1) is 0 Å². The fourth-order valence-electron chi connectivity index (χ4n) is 4.27. The number of nitrogens with two attached hydrogens (primary N) is 1. The van der Waals surface area contributed by atoms with Crippen LogP contribution < -0.4 is 5.73 Å². The summed E-state index contributed by atoms with van der Waals surface area (Å²) in [6, 6.07) is 19.0. The summed E-state index contributed by atoms with van der Waals surface area (Å²) in [5, 5.41) is 0. The van der Waals surface area contributed by atoms with E-state index < -0.39 is 5.54 Å². The van der Waals surface area contributed by atoms with Gasteiger partial charge in [0.2, 0.25) is 5.91 Å². The lowest BCUT2D eigenvalue weighted by molar-refractivity contribution is -0.138. The minimum atomic E-state index is -0.645. The molecule has 1 amide bonds. The monoisotopic (exact) mass is 320 g/mol. The Morgan fingerprint density at radius 2 is 1.67 bits per heavy atom. The molecule has 3 heteroatoms. The van der Waals surface area contributed by atoms with E-state index >= 15 is 0 Å². The summed E-state index contributed by atoms with van der Waals surface area (Å²) in [6.07, 6.45) is 3.77. The third-order valence-corrected chi connectivity index (χ3v) is 5.61. The van der Waals surface area contributed by atoms with Gasteiger partial charge in [-0.25, -0.2) is 0 Å². The zero-order chi connectivity index (χ0) is 16.6. The summed E-state index contributed by atoms with van der Waals surface area (Å²) in [5.74, 6) is 0.362. The Morgan fingerprint density at radius 1 is 1.00 bits per heavy atom. The summed E-state index contributed by atoms with van der Waals surface area (Å²) in [7, 11) is 0. The Labute approximate surface area is 143 Å². The molecular weight excluding hydrogens is 296 g/mol. The minimum absolute atomic E-state index is 0.135. The number of hydrogen-bond acceptors (Lipinski definition) is 2. The van der Waals surface area contributed by atoms with Crippen LogP contribution in [0.1, 0.15) is 48.3 Å². The molecule has 2 aromatic rings. The number of benzene rings is 2. The second kappa shape index (κ2) is 6.06. The molecule has 3 nitrogen and oxygen atoms in total. The lowest BCUT2D eigenvalue weighted by Crippen LogP contribution is -2.55. The van der Waals surface area contributed by atoms with Gasteiger partial charge in [0.1, 0.15) is 0 Å². The molecule has 124 valence electrons. The molecule has 0 saturated heterocycles. The maximum atomic E-state index is 13.1. The Morgan fingerprint density at radius 3 is 2.42 bits per heavy atom. The van der Waals surface area contributed by atoms with E-state index in [9.17, 15) is 4.79 Å². The maximum Gasteiger partial charge on any atom is 0.242 e. The molecular formula is C21H24N2O. The Hall–Kier alpha value is -2.13. The van der Waals surface area contributed by atoms with Crippen LogP contribution in [-0.4, -0.2) is 22.9 Å². The van der Waals surface area contributed by atoms with E-state index in [2.05, 4.69) is 48.5 Å². The number of fused-ring (bicyclic) bond motifs is 1. The van der Waals surface area contributed by atoms with Crippen LogP contribution in [0.4, 0.5) is 0 Å². The average Bonchev–Trinajstić information content (AvgIpc) is 3.08. The molecule has 1 saturated carbocycles. The Kier molecular flexibility index (Phi) is 3.89. The van der Waals surface area contributed by atoms with E-state index in [0.717, 1.165) is 32.2 Å². The molecule has 2 aromatic carbocycles. The van der Waals surface area contributed by atoms with Crippen molar-refractivity contribution >= 4 is 5.91 Å². The first-order valence-electron chi connectivity index (χ1n) is 8.88. The number of hydrogen-bond donors (Lipinski definition) is 1. The largest absolute Gasteiger partial charge is 0.336 e. The highest BCUT2D eigenvalue weighted by Gasteiger charge is 2.41. The third kappa shape index (κ3) is 2.63. The first-order chi connectivity index (χ1) is 11.7. The summed E-state index contributed by atoms with van der Waals surface area (Å²) in [6.45, 7) is 1.40. The summed E-state index contributed by atoms with van der Waals surface area (Å²) in [5.41, 5.74) is 9.65. The van der Waals surface area contributed by atoms with Gasteiger partial charge in [-0.15, -0.1) is 0 Å². The SMILES string of the molecule is NC1(C(=O)N2Cc3ccccc3C(c3ccccc3)C2)CCCC1. The topological polar surface area (TPSA) is 46.3 Å². The van der Waals surface area contributed by atoms with Gasteiger partial charge in [0.05, 0.1) is 5.54 Å². The molecule has 2 aliphatic rings. The molecule has 4 rings (SSSR count). The molecule has 1 aliphatic heterocycles. The van der Waals surface area contributed by atoms with Gasteiger partial charge in [-0.2, -0.15) is 0 Å². The first kappa shape index (κ1) is 15.4. The quantitative estimate of drug-likeness (QED) is 0.921. The molecule has 1 aliphatic carbocycles. The molecule has 0 spiro atoms. The predicted octanol–water partition coefficient (Wildman–Crippen LogP) is 3.43. The van der Waals surface area contributed by atoms with Crippen LogP contribution in [0.25, 0.3) is 0 Å². The molecule has 1 atom stereocenters. The van der Waals surface area contributed by atoms with Crippen molar-refractivity contribution in [3.63, 3.8) is 0 Å². The number of rotatable bonds is 2. The number of amides is 1. The van der Waals surface area contributed by atoms with Gasteiger partial charge in [-0.3, -0.25) is 4.79 Å². The second-order valence-corrected chi connectivity index (χ2v) is 7.21. The van der Waals surface area contributed by atoms with Crippen molar-refractivity contribution in [2.45, 2.75) is 43.7 Å². The highest BCUT2D eigenvalue weighted by atomic mass is 16.2. The fourth-order valence-corrected chi connectivity index (χ4v) is 4.27. The maximum absolute atomic E-state index is 13.1. The first-order valence-corrected chi connectivity index (χ1v) is 8.88. The molecule has 1 unspecified atom stereocenters. The van der Waals surface area contributed by atoms with Gasteiger partial charge in [0, 0.05) is 19.0 Å². The molecule has 1 heterocycles. The van der Waals surface area contributed by atoms with Crippen molar-refractivity contribution < 1.29 is 4.79 Å². The van der Waals surface area contributed by atoms with Gasteiger partial charge in [0.25, 0.3) is 0 Å². The van der Waals surface area contributed by atoms with Crippen molar-refractivity contribution in [1.82, 2.24) is 4.90 Å². The molecule has 0 aromatic heterocycles. The smallest absolute Gasteiger partial charge is 0.242 e. The van der Waals surface area contributed by atoms with E-state index in [4.69, 9.17) is 5.73 Å². The molecule has 1 fully saturated rings. The molecule has 2 N–H and O–H groups in total. The van der Waals surface area contributed by atoms with E-state index in [1.807, 2.05) is 11.0 Å². The van der Waals surface area contributed by atoms with Crippen LogP contribution in [0.2, 0.25) is 0 Å². The second-order valence-electron chi connectivity index (χ2n) is 7.21. The van der Waals surface area contributed by atoms with Crippen molar-refractivity contribution in [2.75, 3.05) is 6.54 Å². The number of nitrogens with zero attached hydrogens (tertiary/aromatic N) is 1. The standard InChI is InChI=1S/C21H24N2O/c22-21(12-6-7-13-21)20(24)23-14-17-10-4-5-11-18(17)19(15-23)16-8-2-1-3-9-16/h1-5,8-11,19H,6-7,12-15,22H2. The van der Waals surface area contributed by atoms with Gasteiger partial charge in [-0.1, -0.05) is 67.4 Å². The lowest BCUT2D eigenvalue weighted by atomic mass is 9.83. The molecule has 0 bridgehead atoms. The van der Waals surface area contributed by atoms with Crippen LogP contribution in [0.15, 0.2) is 54.6 Å². The van der Waals surface area contributed by atoms with E-state index in [1.165, 1.54) is 16.7 Å². The highest BCUT2D eigenvalue weighted by molar-refractivity contribution is 5.86. The van der Waals surface area contributed by atoms with Gasteiger partial charge < -0.3 is 10.6 Å². The van der Waals surface area contributed by atoms with Crippen molar-refractivity contribution in [3.8, 4) is 0 Å². The zero-order valence-electron chi connectivity index (χ0n) is 13.9. The molecule has 0 radical (unpaired) electrons. The van der Waals surface area contributed by atoms with Crippen LogP contribution in [-0.2, 0) is 11.3 Å². The summed E-state index contributed by atoms with van der Waals surface area (Å²) in [4.78, 5) is 15.1. The van der Waals surface area contributed by atoms with Crippen LogP contribution in [0.3, 0.4) is 0 Å². The van der Waals surface area contributed by atoms with Crippen LogP contribution in [0.5, 0.6) is 0 Å². The predicted molar refractivity (Wildman–Crippen MR) is 95.5 cm³/mol. The number of carbonyl (C=O) groups excluding carboxylic acids is 1. The minimum Gasteiger partial charge on any atom is -0.336 e. The average molecular weight is 320 g/mol. The normalized spacial score (nSPS) is 22.2. The fraction of sp³-hybridized carbons (Fsp3) is 0.381. The van der Waals surface area contributed by atoms with E-state index in [1.54, 1.807) is 0 Å². The van der Waals surface area contributed by atoms with E-state index in [-0.39, 0.29) is 11.8 Å². The third-order valence-electron chi connectivity index (χ3n) is 5.61. The van der Waals surface area contributed by atoms with Gasteiger partial charge in [0.15, 0.2) is 0 Å². The molecule has 24 heavy (non-hydrogen) atoms. The van der Waals surface area contributed by atoms with Crippen molar-refractivity contribution in [3.05, 3.63) is 71.3 Å². The van der Waals surface area contributed by atoms with E-state index in [0.29, 0.717) is 6.54 Å². The summed E-state index contributed by atoms with van der Waals surface area (Å²) < 4.78 is 0.